The van der Waals surface area contributed by atoms with E-state index in [9.17, 15) is 9.18 Å². The largest absolute Gasteiger partial charge is 0.323 e. The number of benzene rings is 1. The van der Waals surface area contributed by atoms with Gasteiger partial charge in [-0.25, -0.2) is 0 Å². The first-order valence-electron chi connectivity index (χ1n) is 5.48. The van der Waals surface area contributed by atoms with E-state index in [1.807, 2.05) is 23.1 Å². The van der Waals surface area contributed by atoms with Crippen LogP contribution in [-0.2, 0) is 4.79 Å². The second kappa shape index (κ2) is 5.18. The van der Waals surface area contributed by atoms with Gasteiger partial charge in [0, 0.05) is 26.2 Å². The molecule has 3 nitrogen and oxygen atoms in total. The predicted molar refractivity (Wildman–Crippen MR) is 59.7 cm³/mol. The Kier molecular flexibility index (Phi) is 3.64. The topological polar surface area (TPSA) is 32.3 Å². The monoisotopic (exact) mass is 222 g/mol. The molecule has 1 aliphatic heterocycles. The minimum Gasteiger partial charge on any atom is -0.314 e. The van der Waals surface area contributed by atoms with E-state index in [-0.39, 0.29) is 0 Å². The molecule has 86 valence electrons. The number of rotatable bonds is 3. The van der Waals surface area contributed by atoms with Crippen LogP contribution >= 0.6 is 0 Å². The maximum absolute atomic E-state index is 13.1. The highest BCUT2D eigenvalue weighted by Gasteiger charge is 2.28. The second-order valence-corrected chi connectivity index (χ2v) is 3.90. The van der Waals surface area contributed by atoms with Crippen LogP contribution in [0.4, 0.5) is 4.39 Å². The lowest BCUT2D eigenvalue weighted by Gasteiger charge is -2.32. The molecule has 1 fully saturated rings. The van der Waals surface area contributed by atoms with E-state index in [0.717, 1.165) is 18.7 Å². The van der Waals surface area contributed by atoms with Gasteiger partial charge in [-0.1, -0.05) is 30.3 Å². The number of halogens is 1. The zero-order valence-electron chi connectivity index (χ0n) is 9.03. The molecule has 1 N–H and O–H groups in total. The third kappa shape index (κ3) is 2.46. The normalized spacial score (nSPS) is 19.3. The van der Waals surface area contributed by atoms with Gasteiger partial charge in [-0.05, 0) is 5.56 Å². The number of piperazine rings is 1. The lowest BCUT2D eigenvalue weighted by molar-refractivity contribution is -0.135. The van der Waals surface area contributed by atoms with Gasteiger partial charge in [0.15, 0.2) is 0 Å². The van der Waals surface area contributed by atoms with E-state index < -0.39 is 12.1 Å². The van der Waals surface area contributed by atoms with E-state index >= 15 is 0 Å². The fraction of sp³-hybridized carbons (Fsp3) is 0.417. The van der Waals surface area contributed by atoms with Crippen LogP contribution in [0.3, 0.4) is 0 Å². The summed E-state index contributed by atoms with van der Waals surface area (Å²) in [5.74, 6) is 0. The van der Waals surface area contributed by atoms with Gasteiger partial charge in [0.2, 0.25) is 0 Å². The van der Waals surface area contributed by atoms with Crippen LogP contribution in [0, 0.1) is 0 Å². The summed E-state index contributed by atoms with van der Waals surface area (Å²) in [6, 6.07) is 7.10. The van der Waals surface area contributed by atoms with Gasteiger partial charge in [-0.15, -0.1) is 0 Å². The van der Waals surface area contributed by atoms with Gasteiger partial charge in [0.1, 0.15) is 6.04 Å². The van der Waals surface area contributed by atoms with Crippen LogP contribution in [0.1, 0.15) is 11.6 Å². The van der Waals surface area contributed by atoms with Gasteiger partial charge >= 0.3 is 6.04 Å². The minimum absolute atomic E-state index is 0.704. The number of hydrogen-bond donors (Lipinski definition) is 1. The molecule has 0 radical (unpaired) electrons. The van der Waals surface area contributed by atoms with Crippen molar-refractivity contribution < 1.29 is 9.18 Å². The number of hydrogen-bond acceptors (Lipinski definition) is 3. The van der Waals surface area contributed by atoms with Crippen LogP contribution in [0.15, 0.2) is 30.3 Å². The minimum atomic E-state index is -1.27. The van der Waals surface area contributed by atoms with E-state index in [1.165, 1.54) is 0 Å². The first kappa shape index (κ1) is 11.2. The average Bonchev–Trinajstić information content (AvgIpc) is 2.31. The molecule has 16 heavy (non-hydrogen) atoms. The van der Waals surface area contributed by atoms with Crippen LogP contribution in [0.2, 0.25) is 0 Å². The van der Waals surface area contributed by atoms with Gasteiger partial charge < -0.3 is 5.32 Å². The van der Waals surface area contributed by atoms with Gasteiger partial charge in [-0.2, -0.15) is 4.39 Å². The molecular formula is C12H15FN2O. The average molecular weight is 222 g/mol. The zero-order valence-corrected chi connectivity index (χ0v) is 9.03. The number of nitrogens with zero attached hydrogens (tertiary/aromatic N) is 1. The van der Waals surface area contributed by atoms with Crippen LogP contribution in [-0.4, -0.2) is 37.1 Å². The Labute approximate surface area is 94.3 Å². The molecule has 2 rings (SSSR count). The highest BCUT2D eigenvalue weighted by Crippen LogP contribution is 2.22. The van der Waals surface area contributed by atoms with E-state index in [1.54, 1.807) is 12.1 Å². The molecule has 1 heterocycles. The Balaban J connectivity index is 2.20. The SMILES string of the molecule is O=C(F)C(c1ccccc1)N1CCNCC1. The molecule has 1 aliphatic rings. The summed E-state index contributed by atoms with van der Waals surface area (Å²) >= 11 is 0. The molecule has 0 amide bonds. The maximum Gasteiger partial charge on any atom is 0.323 e. The van der Waals surface area contributed by atoms with Gasteiger partial charge in [0.05, 0.1) is 0 Å². The molecule has 1 saturated heterocycles. The molecule has 0 aliphatic carbocycles. The van der Waals surface area contributed by atoms with E-state index in [0.29, 0.717) is 13.1 Å². The molecule has 1 unspecified atom stereocenters. The molecule has 4 heteroatoms. The van der Waals surface area contributed by atoms with Crippen molar-refractivity contribution in [1.82, 2.24) is 10.2 Å². The molecule has 1 atom stereocenters. The van der Waals surface area contributed by atoms with Crippen molar-refractivity contribution in [3.05, 3.63) is 35.9 Å². The van der Waals surface area contributed by atoms with Gasteiger partial charge in [0.25, 0.3) is 0 Å². The van der Waals surface area contributed by atoms with Crippen molar-refractivity contribution in [2.45, 2.75) is 6.04 Å². The molecule has 0 saturated carbocycles. The Morgan fingerprint density at radius 3 is 2.44 bits per heavy atom. The fourth-order valence-electron chi connectivity index (χ4n) is 2.06. The summed E-state index contributed by atoms with van der Waals surface area (Å²) in [4.78, 5) is 13.0. The Morgan fingerprint density at radius 1 is 1.25 bits per heavy atom. The van der Waals surface area contributed by atoms with Crippen molar-refractivity contribution >= 4 is 6.04 Å². The third-order valence-electron chi connectivity index (χ3n) is 2.85. The number of carbonyl (C=O) groups excluding carboxylic acids is 1. The zero-order chi connectivity index (χ0) is 11.4. The van der Waals surface area contributed by atoms with Crippen molar-refractivity contribution in [1.29, 1.82) is 0 Å². The van der Waals surface area contributed by atoms with Crippen molar-refractivity contribution in [3.63, 3.8) is 0 Å². The summed E-state index contributed by atoms with van der Waals surface area (Å²) < 4.78 is 13.1. The quantitative estimate of drug-likeness (QED) is 0.778. The molecule has 0 spiro atoms. The summed E-state index contributed by atoms with van der Waals surface area (Å²) in [5.41, 5.74) is 0.733. The summed E-state index contributed by atoms with van der Waals surface area (Å²) in [6.45, 7) is 3.01. The number of carbonyl (C=O) groups is 1. The van der Waals surface area contributed by atoms with E-state index in [2.05, 4.69) is 5.32 Å². The van der Waals surface area contributed by atoms with Crippen molar-refractivity contribution in [2.24, 2.45) is 0 Å². The Morgan fingerprint density at radius 2 is 1.88 bits per heavy atom. The van der Waals surface area contributed by atoms with Crippen molar-refractivity contribution in [3.8, 4) is 0 Å². The van der Waals surface area contributed by atoms with Crippen molar-refractivity contribution in [2.75, 3.05) is 26.2 Å². The van der Waals surface area contributed by atoms with Crippen LogP contribution in [0.25, 0.3) is 0 Å². The summed E-state index contributed by atoms with van der Waals surface area (Å²) in [7, 11) is 0. The molecule has 0 bridgehead atoms. The highest BCUT2D eigenvalue weighted by molar-refractivity contribution is 5.76. The van der Waals surface area contributed by atoms with Gasteiger partial charge in [-0.3, -0.25) is 9.69 Å². The fourth-order valence-corrected chi connectivity index (χ4v) is 2.06. The molecule has 1 aromatic rings. The predicted octanol–water partition coefficient (Wildman–Crippen LogP) is 1.13. The smallest absolute Gasteiger partial charge is 0.314 e. The first-order chi connectivity index (χ1) is 7.79. The Hall–Kier alpha value is -1.26. The summed E-state index contributed by atoms with van der Waals surface area (Å²) in [5, 5.41) is 3.18. The molecular weight excluding hydrogens is 207 g/mol. The maximum atomic E-state index is 13.1. The molecule has 0 aromatic heterocycles. The highest BCUT2D eigenvalue weighted by atomic mass is 19.1. The lowest BCUT2D eigenvalue weighted by Crippen LogP contribution is -2.46. The Bertz CT molecular complexity index is 349. The van der Waals surface area contributed by atoms with E-state index in [4.69, 9.17) is 0 Å². The second-order valence-electron chi connectivity index (χ2n) is 3.90. The molecule has 1 aromatic carbocycles. The summed E-state index contributed by atoms with van der Waals surface area (Å²) in [6.07, 6.45) is 0. The standard InChI is InChI=1S/C12H15FN2O/c13-12(16)11(10-4-2-1-3-5-10)15-8-6-14-7-9-15/h1-5,11,14H,6-9H2. The van der Waals surface area contributed by atoms with Crippen LogP contribution < -0.4 is 5.32 Å². The number of nitrogens with one attached hydrogen (secondary N) is 1. The first-order valence-corrected chi connectivity index (χ1v) is 5.48. The lowest BCUT2D eigenvalue weighted by atomic mass is 10.1. The third-order valence-corrected chi connectivity index (χ3v) is 2.85. The van der Waals surface area contributed by atoms with Crippen LogP contribution in [0.5, 0.6) is 0 Å².